The van der Waals surface area contributed by atoms with Gasteiger partial charge in [0.25, 0.3) is 0 Å². The van der Waals surface area contributed by atoms with E-state index in [4.69, 9.17) is 18.9 Å². The van der Waals surface area contributed by atoms with E-state index in [0.29, 0.717) is 52.8 Å². The Balaban J connectivity index is 1.85. The van der Waals surface area contributed by atoms with Crippen LogP contribution in [0.5, 0.6) is 0 Å². The summed E-state index contributed by atoms with van der Waals surface area (Å²) in [6.45, 7) is 7.35. The van der Waals surface area contributed by atoms with Gasteiger partial charge in [-0.3, -0.25) is 4.79 Å². The van der Waals surface area contributed by atoms with Crippen molar-refractivity contribution in [3.63, 3.8) is 0 Å². The summed E-state index contributed by atoms with van der Waals surface area (Å²) in [4.78, 5) is 12.1. The lowest BCUT2D eigenvalue weighted by molar-refractivity contribution is -0.117. The molecular formula is C20H37NO5. The van der Waals surface area contributed by atoms with Crippen molar-refractivity contribution in [3.8, 4) is 0 Å². The number of nitrogens with one attached hydrogen (secondary N) is 1. The average Bonchev–Trinajstić information content (AvgIpc) is 2.61. The smallest absolute Gasteiger partial charge is 0.246 e. The van der Waals surface area contributed by atoms with Crippen molar-refractivity contribution in [3.05, 3.63) is 11.6 Å². The molecule has 0 saturated carbocycles. The Morgan fingerprint density at radius 2 is 1.42 bits per heavy atom. The maximum atomic E-state index is 12.1. The molecule has 6 nitrogen and oxygen atoms in total. The number of hydrogen-bond donors (Lipinski definition) is 1. The topological polar surface area (TPSA) is 66.0 Å². The second-order valence-electron chi connectivity index (χ2n) is 6.39. The first-order chi connectivity index (χ1) is 12.8. The molecule has 1 aliphatic carbocycles. The fraction of sp³-hybridized carbons (Fsp3) is 0.850. The summed E-state index contributed by atoms with van der Waals surface area (Å²) < 4.78 is 21.6. The van der Waals surface area contributed by atoms with Crippen LogP contribution in [0.3, 0.4) is 0 Å². The van der Waals surface area contributed by atoms with Crippen LogP contribution < -0.4 is 5.32 Å². The van der Waals surface area contributed by atoms with Crippen molar-refractivity contribution in [2.75, 3.05) is 59.4 Å². The van der Waals surface area contributed by atoms with Crippen LogP contribution >= 0.6 is 0 Å². The van der Waals surface area contributed by atoms with Crippen molar-refractivity contribution in [2.24, 2.45) is 0 Å². The van der Waals surface area contributed by atoms with E-state index in [0.717, 1.165) is 37.9 Å². The molecule has 0 aromatic heterocycles. The van der Waals surface area contributed by atoms with Crippen LogP contribution in [0.25, 0.3) is 0 Å². The molecule has 6 heteroatoms. The Labute approximate surface area is 158 Å². The molecule has 1 amide bonds. The third kappa shape index (κ3) is 13.3. The molecule has 1 rings (SSSR count). The van der Waals surface area contributed by atoms with Crippen LogP contribution in [0.2, 0.25) is 0 Å². The summed E-state index contributed by atoms with van der Waals surface area (Å²) in [6, 6.07) is 0. The van der Waals surface area contributed by atoms with Gasteiger partial charge in [-0.05, 0) is 32.1 Å². The van der Waals surface area contributed by atoms with E-state index in [1.54, 1.807) is 0 Å². The normalized spacial score (nSPS) is 17.2. The third-order valence-corrected chi connectivity index (χ3v) is 4.08. The van der Waals surface area contributed by atoms with Crippen LogP contribution in [-0.4, -0.2) is 65.3 Å². The van der Waals surface area contributed by atoms with Gasteiger partial charge in [0, 0.05) is 18.7 Å². The molecular weight excluding hydrogens is 334 g/mol. The van der Waals surface area contributed by atoms with Gasteiger partial charge in [0.15, 0.2) is 0 Å². The highest BCUT2D eigenvalue weighted by Gasteiger charge is 2.09. The molecule has 1 N–H and O–H groups in total. The second-order valence-corrected chi connectivity index (χ2v) is 6.39. The summed E-state index contributed by atoms with van der Waals surface area (Å²) >= 11 is 0. The quantitative estimate of drug-likeness (QED) is 0.449. The third-order valence-electron chi connectivity index (χ3n) is 4.08. The summed E-state index contributed by atoms with van der Waals surface area (Å²) in [7, 11) is 0. The molecule has 0 atom stereocenters. The summed E-state index contributed by atoms with van der Waals surface area (Å²) in [5.74, 6) is 0.0619. The monoisotopic (exact) mass is 371 g/mol. The fourth-order valence-corrected chi connectivity index (χ4v) is 2.65. The van der Waals surface area contributed by atoms with Gasteiger partial charge < -0.3 is 24.3 Å². The van der Waals surface area contributed by atoms with Crippen LogP contribution in [0.4, 0.5) is 0 Å². The van der Waals surface area contributed by atoms with E-state index in [2.05, 4.69) is 18.3 Å². The minimum Gasteiger partial charge on any atom is -0.379 e. The lowest BCUT2D eigenvalue weighted by Crippen LogP contribution is -2.29. The predicted octanol–water partition coefficient (Wildman–Crippen LogP) is 2.86. The highest BCUT2D eigenvalue weighted by Crippen LogP contribution is 2.16. The zero-order valence-electron chi connectivity index (χ0n) is 16.4. The van der Waals surface area contributed by atoms with Gasteiger partial charge in [0.2, 0.25) is 5.91 Å². The van der Waals surface area contributed by atoms with E-state index < -0.39 is 0 Å². The molecule has 0 saturated heterocycles. The zero-order chi connectivity index (χ0) is 18.7. The minimum absolute atomic E-state index is 0.0619. The summed E-state index contributed by atoms with van der Waals surface area (Å²) in [6.07, 6.45) is 9.86. The average molecular weight is 372 g/mol. The largest absolute Gasteiger partial charge is 0.379 e. The lowest BCUT2D eigenvalue weighted by Gasteiger charge is -2.12. The molecule has 0 radical (unpaired) electrons. The van der Waals surface area contributed by atoms with Gasteiger partial charge in [0.05, 0.1) is 46.2 Å². The molecule has 26 heavy (non-hydrogen) atoms. The van der Waals surface area contributed by atoms with Gasteiger partial charge in [-0.25, -0.2) is 0 Å². The van der Waals surface area contributed by atoms with Crippen molar-refractivity contribution in [2.45, 2.75) is 51.9 Å². The van der Waals surface area contributed by atoms with Gasteiger partial charge in [-0.2, -0.15) is 0 Å². The van der Waals surface area contributed by atoms with Gasteiger partial charge in [-0.1, -0.05) is 25.8 Å². The van der Waals surface area contributed by atoms with Crippen LogP contribution in [0, 0.1) is 0 Å². The van der Waals surface area contributed by atoms with E-state index >= 15 is 0 Å². The molecule has 1 aliphatic rings. The first kappa shape index (κ1) is 23.1. The zero-order valence-corrected chi connectivity index (χ0v) is 16.4. The molecule has 0 fully saturated rings. The highest BCUT2D eigenvalue weighted by atomic mass is 16.6. The Hall–Kier alpha value is -0.950. The van der Waals surface area contributed by atoms with Crippen molar-refractivity contribution in [1.29, 1.82) is 0 Å². The van der Waals surface area contributed by atoms with E-state index in [9.17, 15) is 4.79 Å². The molecule has 0 spiro atoms. The SMILES string of the molecule is CCCOCCOCCOCCOCCNC(=O)/C1=C/CCCCCC1. The van der Waals surface area contributed by atoms with E-state index in [-0.39, 0.29) is 5.91 Å². The molecule has 0 aromatic rings. The predicted molar refractivity (Wildman–Crippen MR) is 102 cm³/mol. The fourth-order valence-electron chi connectivity index (χ4n) is 2.65. The molecule has 0 aliphatic heterocycles. The number of allylic oxidation sites excluding steroid dienone is 1. The summed E-state index contributed by atoms with van der Waals surface area (Å²) in [5, 5.41) is 2.94. The van der Waals surface area contributed by atoms with Crippen LogP contribution in [0.15, 0.2) is 11.6 Å². The number of ether oxygens (including phenoxy) is 4. The van der Waals surface area contributed by atoms with Crippen molar-refractivity contribution in [1.82, 2.24) is 5.32 Å². The second kappa shape index (κ2) is 17.5. The number of carbonyl (C=O) groups is 1. The standard InChI is InChI=1S/C20H37NO5/c1-2-11-23-13-15-25-17-18-26-16-14-24-12-10-21-20(22)19-8-6-4-3-5-7-9-19/h8H,2-7,9-18H2,1H3,(H,21,22)/b19-8+. The Bertz CT molecular complexity index is 373. The highest BCUT2D eigenvalue weighted by molar-refractivity contribution is 5.93. The lowest BCUT2D eigenvalue weighted by atomic mass is 9.99. The van der Waals surface area contributed by atoms with Crippen LogP contribution in [-0.2, 0) is 23.7 Å². The molecule has 0 bridgehead atoms. The van der Waals surface area contributed by atoms with Gasteiger partial charge >= 0.3 is 0 Å². The number of hydrogen-bond acceptors (Lipinski definition) is 5. The van der Waals surface area contributed by atoms with Crippen molar-refractivity contribution < 1.29 is 23.7 Å². The minimum atomic E-state index is 0.0619. The van der Waals surface area contributed by atoms with Crippen LogP contribution in [0.1, 0.15) is 51.9 Å². The van der Waals surface area contributed by atoms with Crippen molar-refractivity contribution >= 4 is 5.91 Å². The number of rotatable bonds is 15. The van der Waals surface area contributed by atoms with Gasteiger partial charge in [0.1, 0.15) is 0 Å². The first-order valence-electron chi connectivity index (χ1n) is 10.1. The maximum Gasteiger partial charge on any atom is 0.246 e. The molecule has 0 unspecified atom stereocenters. The number of amides is 1. The van der Waals surface area contributed by atoms with E-state index in [1.165, 1.54) is 19.3 Å². The Morgan fingerprint density at radius 3 is 2.08 bits per heavy atom. The molecule has 0 heterocycles. The Morgan fingerprint density at radius 1 is 0.846 bits per heavy atom. The number of carbonyl (C=O) groups excluding carboxylic acids is 1. The molecule has 0 aromatic carbocycles. The van der Waals surface area contributed by atoms with Gasteiger partial charge in [-0.15, -0.1) is 0 Å². The Kier molecular flexibility index (Phi) is 15.5. The first-order valence-corrected chi connectivity index (χ1v) is 10.1. The van der Waals surface area contributed by atoms with E-state index in [1.807, 2.05) is 0 Å². The molecule has 152 valence electrons. The summed E-state index contributed by atoms with van der Waals surface area (Å²) in [5.41, 5.74) is 0.938. The maximum absolute atomic E-state index is 12.1.